The molecule has 1 saturated heterocycles. The molecule has 0 amide bonds. The van der Waals surface area contributed by atoms with Gasteiger partial charge in [0.05, 0.1) is 11.4 Å². The molecule has 2 aromatic rings. The molecule has 3 rings (SSSR count). The highest BCUT2D eigenvalue weighted by Gasteiger charge is 2.13. The monoisotopic (exact) mass is 270 g/mol. The van der Waals surface area contributed by atoms with Gasteiger partial charge in [0.25, 0.3) is 0 Å². The summed E-state index contributed by atoms with van der Waals surface area (Å²) in [5.74, 6) is 0. The van der Waals surface area contributed by atoms with Crippen LogP contribution in [0.25, 0.3) is 5.69 Å². The summed E-state index contributed by atoms with van der Waals surface area (Å²) in [4.78, 5) is 2.43. The maximum Gasteiger partial charge on any atom is 0.0669 e. The summed E-state index contributed by atoms with van der Waals surface area (Å²) in [6.07, 6.45) is 0. The van der Waals surface area contributed by atoms with Crippen molar-refractivity contribution in [1.82, 2.24) is 15.1 Å². The van der Waals surface area contributed by atoms with Crippen LogP contribution >= 0.6 is 0 Å². The molecular weight excluding hydrogens is 248 g/mol. The minimum Gasteiger partial charge on any atom is -0.369 e. The second kappa shape index (κ2) is 5.29. The fraction of sp³-hybridized carbons (Fsp3) is 0.438. The molecule has 20 heavy (non-hydrogen) atoms. The Hall–Kier alpha value is -1.81. The van der Waals surface area contributed by atoms with E-state index in [9.17, 15) is 0 Å². The number of benzene rings is 1. The minimum atomic E-state index is 1.06. The Morgan fingerprint density at radius 3 is 2.40 bits per heavy atom. The van der Waals surface area contributed by atoms with Crippen LogP contribution in [0.4, 0.5) is 5.69 Å². The average Bonchev–Trinajstić information content (AvgIpc) is 2.76. The van der Waals surface area contributed by atoms with Gasteiger partial charge in [-0.1, -0.05) is 6.07 Å². The molecule has 1 aromatic heterocycles. The van der Waals surface area contributed by atoms with E-state index in [2.05, 4.69) is 65.0 Å². The van der Waals surface area contributed by atoms with Gasteiger partial charge in [0.2, 0.25) is 0 Å². The van der Waals surface area contributed by atoms with Crippen molar-refractivity contribution in [3.05, 3.63) is 41.2 Å². The number of aryl methyl sites for hydroxylation is 1. The molecule has 0 unspecified atom stereocenters. The van der Waals surface area contributed by atoms with Gasteiger partial charge in [-0.05, 0) is 44.5 Å². The van der Waals surface area contributed by atoms with Crippen LogP contribution in [0.2, 0.25) is 0 Å². The number of hydrogen-bond acceptors (Lipinski definition) is 3. The second-order valence-corrected chi connectivity index (χ2v) is 5.46. The van der Waals surface area contributed by atoms with Crippen molar-refractivity contribution in [2.75, 3.05) is 31.1 Å². The molecular formula is C16H22N4. The van der Waals surface area contributed by atoms with E-state index < -0.39 is 0 Å². The van der Waals surface area contributed by atoms with Crippen LogP contribution in [-0.4, -0.2) is 36.0 Å². The maximum absolute atomic E-state index is 4.65. The van der Waals surface area contributed by atoms with Crippen molar-refractivity contribution in [1.29, 1.82) is 0 Å². The molecule has 1 aliphatic heterocycles. The Morgan fingerprint density at radius 2 is 1.75 bits per heavy atom. The first-order chi connectivity index (χ1) is 9.66. The van der Waals surface area contributed by atoms with Crippen molar-refractivity contribution in [3.63, 3.8) is 0 Å². The molecule has 2 heterocycles. The first kappa shape index (κ1) is 13.2. The summed E-state index contributed by atoms with van der Waals surface area (Å²) >= 11 is 0. The van der Waals surface area contributed by atoms with Gasteiger partial charge in [-0.2, -0.15) is 5.10 Å². The summed E-state index contributed by atoms with van der Waals surface area (Å²) in [6.45, 7) is 10.6. The van der Waals surface area contributed by atoms with Gasteiger partial charge in [0, 0.05) is 37.6 Å². The Bertz CT molecular complexity index is 609. The summed E-state index contributed by atoms with van der Waals surface area (Å²) in [7, 11) is 0. The summed E-state index contributed by atoms with van der Waals surface area (Å²) in [5, 5.41) is 8.04. The van der Waals surface area contributed by atoms with Gasteiger partial charge >= 0.3 is 0 Å². The SMILES string of the molecule is Cc1nn(-c2cccc(N3CCNCC3)c2)c(C)c1C. The lowest BCUT2D eigenvalue weighted by atomic mass is 10.2. The van der Waals surface area contributed by atoms with Crippen molar-refractivity contribution >= 4 is 5.69 Å². The summed E-state index contributed by atoms with van der Waals surface area (Å²) in [6, 6.07) is 8.68. The predicted octanol–water partition coefficient (Wildman–Crippen LogP) is 2.21. The molecule has 0 atom stereocenters. The molecule has 4 heteroatoms. The van der Waals surface area contributed by atoms with Gasteiger partial charge in [0.15, 0.2) is 0 Å². The third-order valence-electron chi connectivity index (χ3n) is 4.21. The molecule has 1 fully saturated rings. The van der Waals surface area contributed by atoms with Crippen LogP contribution < -0.4 is 10.2 Å². The highest BCUT2D eigenvalue weighted by molar-refractivity contribution is 5.54. The zero-order valence-electron chi connectivity index (χ0n) is 12.5. The first-order valence-corrected chi connectivity index (χ1v) is 7.26. The smallest absolute Gasteiger partial charge is 0.0669 e. The molecule has 0 aliphatic carbocycles. The lowest BCUT2D eigenvalue weighted by molar-refractivity contribution is 0.589. The lowest BCUT2D eigenvalue weighted by Crippen LogP contribution is -2.43. The van der Waals surface area contributed by atoms with E-state index >= 15 is 0 Å². The van der Waals surface area contributed by atoms with Crippen LogP contribution in [0.3, 0.4) is 0 Å². The van der Waals surface area contributed by atoms with Crippen LogP contribution in [0, 0.1) is 20.8 Å². The zero-order chi connectivity index (χ0) is 14.1. The lowest BCUT2D eigenvalue weighted by Gasteiger charge is -2.29. The number of nitrogens with one attached hydrogen (secondary N) is 1. The summed E-state index contributed by atoms with van der Waals surface area (Å²) in [5.41, 5.74) is 6.04. The number of nitrogens with zero attached hydrogens (tertiary/aromatic N) is 3. The number of aromatic nitrogens is 2. The predicted molar refractivity (Wildman–Crippen MR) is 82.9 cm³/mol. The minimum absolute atomic E-state index is 1.06. The molecule has 106 valence electrons. The van der Waals surface area contributed by atoms with E-state index in [-0.39, 0.29) is 0 Å². The fourth-order valence-electron chi connectivity index (χ4n) is 2.72. The molecule has 0 bridgehead atoms. The van der Waals surface area contributed by atoms with Crippen LogP contribution in [-0.2, 0) is 0 Å². The Labute approximate surface area is 120 Å². The summed E-state index contributed by atoms with van der Waals surface area (Å²) < 4.78 is 2.05. The van der Waals surface area contributed by atoms with Crippen LogP contribution in [0.1, 0.15) is 17.0 Å². The average molecular weight is 270 g/mol. The van der Waals surface area contributed by atoms with Crippen LogP contribution in [0.5, 0.6) is 0 Å². The molecule has 1 aliphatic rings. The zero-order valence-corrected chi connectivity index (χ0v) is 12.5. The van der Waals surface area contributed by atoms with Gasteiger partial charge in [-0.3, -0.25) is 0 Å². The van der Waals surface area contributed by atoms with Gasteiger partial charge in [-0.25, -0.2) is 4.68 Å². The molecule has 1 aromatic carbocycles. The number of piperazine rings is 1. The molecule has 1 N–H and O–H groups in total. The van der Waals surface area contributed by atoms with Crippen LogP contribution in [0.15, 0.2) is 24.3 Å². The molecule has 0 radical (unpaired) electrons. The van der Waals surface area contributed by atoms with E-state index in [0.29, 0.717) is 0 Å². The third kappa shape index (κ3) is 2.31. The molecule has 4 nitrogen and oxygen atoms in total. The third-order valence-corrected chi connectivity index (χ3v) is 4.21. The quantitative estimate of drug-likeness (QED) is 0.908. The Kier molecular flexibility index (Phi) is 3.49. The number of anilines is 1. The topological polar surface area (TPSA) is 33.1 Å². The standard InChI is InChI=1S/C16H22N4/c1-12-13(2)18-20(14(12)3)16-6-4-5-15(11-16)19-9-7-17-8-10-19/h4-6,11,17H,7-10H2,1-3H3. The van der Waals surface area contributed by atoms with E-state index in [4.69, 9.17) is 0 Å². The van der Waals surface area contributed by atoms with Gasteiger partial charge in [-0.15, -0.1) is 0 Å². The molecule has 0 spiro atoms. The van der Waals surface area contributed by atoms with E-state index in [1.54, 1.807) is 0 Å². The highest BCUT2D eigenvalue weighted by Crippen LogP contribution is 2.22. The van der Waals surface area contributed by atoms with E-state index in [0.717, 1.165) is 37.6 Å². The van der Waals surface area contributed by atoms with Gasteiger partial charge < -0.3 is 10.2 Å². The maximum atomic E-state index is 4.65. The second-order valence-electron chi connectivity index (χ2n) is 5.46. The van der Waals surface area contributed by atoms with Crippen molar-refractivity contribution in [2.24, 2.45) is 0 Å². The van der Waals surface area contributed by atoms with E-state index in [1.165, 1.54) is 16.9 Å². The van der Waals surface area contributed by atoms with Crippen molar-refractivity contribution in [2.45, 2.75) is 20.8 Å². The first-order valence-electron chi connectivity index (χ1n) is 7.26. The van der Waals surface area contributed by atoms with Gasteiger partial charge in [0.1, 0.15) is 0 Å². The molecule has 0 saturated carbocycles. The largest absolute Gasteiger partial charge is 0.369 e. The van der Waals surface area contributed by atoms with Crippen molar-refractivity contribution in [3.8, 4) is 5.69 Å². The number of hydrogen-bond donors (Lipinski definition) is 1. The fourth-order valence-corrected chi connectivity index (χ4v) is 2.72. The number of rotatable bonds is 2. The van der Waals surface area contributed by atoms with Crippen molar-refractivity contribution < 1.29 is 0 Å². The van der Waals surface area contributed by atoms with E-state index in [1.807, 2.05) is 0 Å². The Balaban J connectivity index is 1.96. The normalized spacial score (nSPS) is 15.7. The highest BCUT2D eigenvalue weighted by atomic mass is 15.3. The Morgan fingerprint density at radius 1 is 1.05 bits per heavy atom.